The first-order valence-corrected chi connectivity index (χ1v) is 21.6. The van der Waals surface area contributed by atoms with Crippen molar-refractivity contribution in [1.82, 2.24) is 24.1 Å². The van der Waals surface area contributed by atoms with E-state index in [2.05, 4.69) is 193 Å². The third kappa shape index (κ3) is 5.72. The van der Waals surface area contributed by atoms with Gasteiger partial charge in [-0.15, -0.1) is 11.3 Å². The second-order valence-corrected chi connectivity index (χ2v) is 16.7. The van der Waals surface area contributed by atoms with E-state index >= 15 is 0 Å². The summed E-state index contributed by atoms with van der Waals surface area (Å²) < 4.78 is 7.16. The van der Waals surface area contributed by atoms with Gasteiger partial charge in [0.15, 0.2) is 5.82 Å². The molecule has 0 saturated heterocycles. The lowest BCUT2D eigenvalue weighted by Crippen LogP contribution is -2.03. The summed E-state index contributed by atoms with van der Waals surface area (Å²) in [6.07, 6.45) is 6.25. The van der Waals surface area contributed by atoms with E-state index in [9.17, 15) is 0 Å². The minimum absolute atomic E-state index is 0.662. The maximum atomic E-state index is 5.38. The van der Waals surface area contributed by atoms with Gasteiger partial charge in [0, 0.05) is 65.3 Å². The van der Waals surface area contributed by atoms with Gasteiger partial charge in [0.25, 0.3) is 0 Å². The van der Waals surface area contributed by atoms with E-state index in [0.717, 1.165) is 89.1 Å². The van der Waals surface area contributed by atoms with Crippen molar-refractivity contribution >= 4 is 87.4 Å². The Morgan fingerprint density at radius 3 is 1.82 bits per heavy atom. The molecule has 0 radical (unpaired) electrons. The van der Waals surface area contributed by atoms with Crippen LogP contribution in [0.1, 0.15) is 18.2 Å². The predicted octanol–water partition coefficient (Wildman–Crippen LogP) is 15.1. The van der Waals surface area contributed by atoms with E-state index in [1.54, 1.807) is 11.3 Å². The highest BCUT2D eigenvalue weighted by Gasteiger charge is 2.20. The molecule has 0 fully saturated rings. The topological polar surface area (TPSA) is 48.5 Å². The van der Waals surface area contributed by atoms with E-state index in [4.69, 9.17) is 15.0 Å². The zero-order valence-electron chi connectivity index (χ0n) is 33.8. The monoisotopic (exact) mass is 811 g/mol. The highest BCUT2D eigenvalue weighted by molar-refractivity contribution is 7.25. The van der Waals surface area contributed by atoms with Crippen LogP contribution in [-0.4, -0.2) is 24.1 Å². The number of rotatable bonds is 7. The Labute approximate surface area is 361 Å². The molecule has 5 heterocycles. The molecular weight excluding hydrogens is 775 g/mol. The van der Waals surface area contributed by atoms with Crippen molar-refractivity contribution in [3.05, 3.63) is 200 Å². The third-order valence-electron chi connectivity index (χ3n) is 12.0. The molecule has 0 atom stereocenters. The van der Waals surface area contributed by atoms with Crippen molar-refractivity contribution in [2.75, 3.05) is 0 Å². The molecule has 0 amide bonds. The Morgan fingerprint density at radius 2 is 1.11 bits per heavy atom. The SMILES string of the molecule is C=Cc1c(/C=C\C)n(-c2cc(-c3cc(-c4ccc5nc6c(cc5c4)sc4ccccc46)nc(-c4ccccc4)n3)cc(-n3c4ccccc4c4ccccc43)c2)c2ccccc12. The van der Waals surface area contributed by atoms with Crippen LogP contribution < -0.4 is 0 Å². The minimum atomic E-state index is 0.662. The van der Waals surface area contributed by atoms with Crippen LogP contribution in [0.25, 0.3) is 121 Å². The molecule has 5 aromatic heterocycles. The van der Waals surface area contributed by atoms with E-state index in [-0.39, 0.29) is 0 Å². The van der Waals surface area contributed by atoms with Crippen LogP contribution in [0.4, 0.5) is 0 Å². The van der Waals surface area contributed by atoms with Crippen LogP contribution in [0.15, 0.2) is 189 Å². The summed E-state index contributed by atoms with van der Waals surface area (Å²) in [5.74, 6) is 0.662. The Morgan fingerprint density at radius 1 is 0.500 bits per heavy atom. The second-order valence-electron chi connectivity index (χ2n) is 15.6. The number of pyridine rings is 1. The summed E-state index contributed by atoms with van der Waals surface area (Å²) in [5, 5.41) is 5.83. The molecule has 0 N–H and O–H groups in total. The molecule has 0 saturated carbocycles. The highest BCUT2D eigenvalue weighted by atomic mass is 32.1. The summed E-state index contributed by atoms with van der Waals surface area (Å²) in [5.41, 5.74) is 14.2. The normalized spacial score (nSPS) is 12.0. The summed E-state index contributed by atoms with van der Waals surface area (Å²) >= 11 is 1.78. The number of benzene rings is 7. The molecule has 0 aliphatic rings. The summed E-state index contributed by atoms with van der Waals surface area (Å²) in [6.45, 7) is 6.34. The van der Waals surface area contributed by atoms with Crippen LogP contribution in [0.3, 0.4) is 0 Å². The Kier molecular flexibility index (Phi) is 8.34. The molecule has 0 unspecified atom stereocenters. The van der Waals surface area contributed by atoms with E-state index in [0.29, 0.717) is 5.82 Å². The van der Waals surface area contributed by atoms with Gasteiger partial charge in [-0.05, 0) is 79.7 Å². The first-order chi connectivity index (χ1) is 30.6. The van der Waals surface area contributed by atoms with Crippen molar-refractivity contribution in [2.24, 2.45) is 0 Å². The van der Waals surface area contributed by atoms with Gasteiger partial charge in [0.1, 0.15) is 0 Å². The Balaban J connectivity index is 1.13. The van der Waals surface area contributed by atoms with Gasteiger partial charge in [0.05, 0.1) is 49.4 Å². The Bertz CT molecular complexity index is 3740. The molecule has 5 nitrogen and oxygen atoms in total. The summed E-state index contributed by atoms with van der Waals surface area (Å²) in [4.78, 5) is 15.8. The van der Waals surface area contributed by atoms with Crippen LogP contribution in [-0.2, 0) is 0 Å². The maximum absolute atomic E-state index is 5.38. The number of nitrogens with zero attached hydrogens (tertiary/aromatic N) is 5. The molecule has 292 valence electrons. The predicted molar refractivity (Wildman–Crippen MR) is 263 cm³/mol. The van der Waals surface area contributed by atoms with Gasteiger partial charge in [-0.2, -0.15) is 0 Å². The van der Waals surface area contributed by atoms with E-state index in [1.165, 1.54) is 25.6 Å². The molecule has 7 aromatic carbocycles. The lowest BCUT2D eigenvalue weighted by molar-refractivity contribution is 1.08. The van der Waals surface area contributed by atoms with Crippen molar-refractivity contribution in [3.63, 3.8) is 0 Å². The number of para-hydroxylation sites is 3. The quantitative estimate of drug-likeness (QED) is 0.161. The van der Waals surface area contributed by atoms with Crippen molar-refractivity contribution in [3.8, 4) is 45.3 Å². The fourth-order valence-electron chi connectivity index (χ4n) is 9.22. The number of hydrogen-bond acceptors (Lipinski definition) is 4. The molecule has 0 spiro atoms. The molecule has 12 rings (SSSR count). The van der Waals surface area contributed by atoms with Crippen LogP contribution in [0.2, 0.25) is 0 Å². The van der Waals surface area contributed by atoms with Crippen LogP contribution in [0.5, 0.6) is 0 Å². The standard InChI is InChI=1S/C56H37N5S/c1-3-16-49-41(4-2)42-19-8-12-23-50(42)60(49)39-30-38(31-40(33-39)61-51-24-13-9-20-43(51)44-21-10-14-25-52(44)61)48-34-47(58-56(59-48)35-17-6-5-7-18-35)36-27-28-46-37(29-36)32-54-55(57-46)45-22-11-15-26-53(45)62-54/h3-34H,2H2,1H3/b16-3-. The molecule has 6 heteroatoms. The van der Waals surface area contributed by atoms with Gasteiger partial charge >= 0.3 is 0 Å². The largest absolute Gasteiger partial charge is 0.309 e. The average Bonchev–Trinajstić information content (AvgIpc) is 3.97. The summed E-state index contributed by atoms with van der Waals surface area (Å²) in [7, 11) is 0. The van der Waals surface area contributed by atoms with Gasteiger partial charge < -0.3 is 9.13 Å². The highest BCUT2D eigenvalue weighted by Crippen LogP contribution is 2.40. The first kappa shape index (κ1) is 36.0. The summed E-state index contributed by atoms with van der Waals surface area (Å²) in [6, 6.07) is 62.5. The lowest BCUT2D eigenvalue weighted by atomic mass is 10.0. The molecule has 0 bridgehead atoms. The van der Waals surface area contributed by atoms with E-state index in [1.807, 2.05) is 24.3 Å². The lowest BCUT2D eigenvalue weighted by Gasteiger charge is -2.17. The van der Waals surface area contributed by atoms with Crippen molar-refractivity contribution < 1.29 is 0 Å². The third-order valence-corrected chi connectivity index (χ3v) is 13.1. The molecule has 62 heavy (non-hydrogen) atoms. The average molecular weight is 812 g/mol. The second kappa shape index (κ2) is 14.4. The number of aromatic nitrogens is 5. The molecule has 0 aliphatic heterocycles. The van der Waals surface area contributed by atoms with Gasteiger partial charge in [-0.25, -0.2) is 15.0 Å². The van der Waals surface area contributed by atoms with E-state index < -0.39 is 0 Å². The van der Waals surface area contributed by atoms with Crippen LogP contribution >= 0.6 is 11.3 Å². The van der Waals surface area contributed by atoms with Gasteiger partial charge in [0.2, 0.25) is 0 Å². The number of fused-ring (bicyclic) bond motifs is 8. The maximum Gasteiger partial charge on any atom is 0.160 e. The van der Waals surface area contributed by atoms with Gasteiger partial charge in [-0.3, -0.25) is 0 Å². The van der Waals surface area contributed by atoms with Crippen molar-refractivity contribution in [2.45, 2.75) is 6.92 Å². The van der Waals surface area contributed by atoms with Crippen LogP contribution in [0, 0.1) is 0 Å². The molecule has 0 aliphatic carbocycles. The number of allylic oxidation sites excluding steroid dienone is 1. The smallest absolute Gasteiger partial charge is 0.160 e. The first-order valence-electron chi connectivity index (χ1n) is 20.8. The fraction of sp³-hybridized carbons (Fsp3) is 0.0179. The van der Waals surface area contributed by atoms with Crippen molar-refractivity contribution in [1.29, 1.82) is 0 Å². The zero-order chi connectivity index (χ0) is 41.3. The fourth-order valence-corrected chi connectivity index (χ4v) is 10.3. The number of thiophene rings is 1. The number of hydrogen-bond donors (Lipinski definition) is 0. The Hall–Kier alpha value is -7.93. The molecule has 12 aromatic rings. The minimum Gasteiger partial charge on any atom is -0.309 e. The van der Waals surface area contributed by atoms with Gasteiger partial charge in [-0.1, -0.05) is 128 Å². The zero-order valence-corrected chi connectivity index (χ0v) is 34.6. The molecular formula is C56H37N5S.